The van der Waals surface area contributed by atoms with Gasteiger partial charge in [-0.2, -0.15) is 0 Å². The summed E-state index contributed by atoms with van der Waals surface area (Å²) in [5.41, 5.74) is 2.53. The summed E-state index contributed by atoms with van der Waals surface area (Å²) in [6.07, 6.45) is -0.387. The maximum atomic E-state index is 13.0. The van der Waals surface area contributed by atoms with Crippen LogP contribution in [-0.4, -0.2) is 139 Å². The SMILES string of the molecule is CC(C)[C@H](NC(=O)CCN1C(=O)C=CC1=O)C(=O)N[C@@H](C)C(=O)Nc1ccc(COC(=O)N(C)CC(=O)N[C@@H]2[C@@H](O)[C@@H](O)[C@@H](Nc3ccnc4nc[nH]c34)O[C@H]2C)cc1. The van der Waals surface area contributed by atoms with Crippen LogP contribution >= 0.6 is 0 Å². The van der Waals surface area contributed by atoms with Crippen LogP contribution < -0.4 is 26.6 Å². The summed E-state index contributed by atoms with van der Waals surface area (Å²) in [7, 11) is 1.36. The number of carbonyl (C=O) groups is 7. The number of fused-ring (bicyclic) bond motifs is 1. The number of aromatic amines is 1. The molecule has 4 heterocycles. The highest BCUT2D eigenvalue weighted by Crippen LogP contribution is 2.25. The average molecular weight is 821 g/mol. The quantitative estimate of drug-likeness (QED) is 0.0846. The molecule has 316 valence electrons. The van der Waals surface area contributed by atoms with Gasteiger partial charge in [0.1, 0.15) is 43.0 Å². The van der Waals surface area contributed by atoms with Gasteiger partial charge in [0.05, 0.1) is 24.2 Å². The van der Waals surface area contributed by atoms with E-state index >= 15 is 0 Å². The van der Waals surface area contributed by atoms with Crippen molar-refractivity contribution in [2.24, 2.45) is 5.92 Å². The van der Waals surface area contributed by atoms with E-state index in [9.17, 15) is 43.8 Å². The first-order chi connectivity index (χ1) is 28.0. The number of nitrogens with zero attached hydrogens (tertiary/aromatic N) is 4. The lowest BCUT2D eigenvalue weighted by molar-refractivity contribution is -0.172. The van der Waals surface area contributed by atoms with Gasteiger partial charge in [-0.25, -0.2) is 14.8 Å². The van der Waals surface area contributed by atoms with Crippen molar-refractivity contribution in [2.75, 3.05) is 30.8 Å². The molecule has 1 saturated heterocycles. The Hall–Kier alpha value is -6.45. The molecule has 7 atom stereocenters. The third-order valence-electron chi connectivity index (χ3n) is 9.60. The summed E-state index contributed by atoms with van der Waals surface area (Å²) < 4.78 is 11.2. The second-order valence-corrected chi connectivity index (χ2v) is 14.5. The fourth-order valence-electron chi connectivity index (χ4n) is 6.23. The van der Waals surface area contributed by atoms with Crippen LogP contribution in [0.2, 0.25) is 0 Å². The topological polar surface area (TPSA) is 287 Å². The summed E-state index contributed by atoms with van der Waals surface area (Å²) in [5.74, 6) is -3.70. The Morgan fingerprint density at radius 1 is 0.949 bits per heavy atom. The minimum Gasteiger partial charge on any atom is -0.445 e. The van der Waals surface area contributed by atoms with Crippen molar-refractivity contribution in [3.63, 3.8) is 0 Å². The number of hydrogen-bond donors (Lipinski definition) is 8. The van der Waals surface area contributed by atoms with Gasteiger partial charge < -0.3 is 56.2 Å². The molecule has 3 aromatic rings. The molecule has 2 aliphatic rings. The maximum Gasteiger partial charge on any atom is 0.410 e. The minimum atomic E-state index is -1.43. The normalized spacial score (nSPS) is 21.2. The Balaban J connectivity index is 1.02. The number of imide groups is 1. The molecule has 2 aliphatic heterocycles. The molecule has 0 spiro atoms. The maximum absolute atomic E-state index is 13.0. The number of aromatic nitrogens is 3. The molecule has 0 unspecified atom stereocenters. The van der Waals surface area contributed by atoms with Crippen LogP contribution in [0.5, 0.6) is 0 Å². The number of likely N-dealkylation sites (N-methyl/N-ethyl adjacent to an activating group) is 1. The van der Waals surface area contributed by atoms with Crippen LogP contribution in [-0.2, 0) is 44.8 Å². The monoisotopic (exact) mass is 820 g/mol. The molecule has 0 aliphatic carbocycles. The molecule has 7 amide bonds. The zero-order valence-corrected chi connectivity index (χ0v) is 33.0. The van der Waals surface area contributed by atoms with E-state index in [0.29, 0.717) is 28.1 Å². The van der Waals surface area contributed by atoms with Gasteiger partial charge in [-0.05, 0) is 43.5 Å². The number of H-pyrrole nitrogens is 1. The van der Waals surface area contributed by atoms with E-state index in [0.717, 1.165) is 22.0 Å². The van der Waals surface area contributed by atoms with Crippen molar-refractivity contribution in [1.29, 1.82) is 0 Å². The lowest BCUT2D eigenvalue weighted by Crippen LogP contribution is -2.64. The molecule has 21 heteroatoms. The number of rotatable bonds is 16. The van der Waals surface area contributed by atoms with Crippen LogP contribution in [0.4, 0.5) is 16.2 Å². The largest absolute Gasteiger partial charge is 0.445 e. The van der Waals surface area contributed by atoms with Crippen LogP contribution in [0, 0.1) is 5.92 Å². The van der Waals surface area contributed by atoms with E-state index in [4.69, 9.17) is 9.47 Å². The molecule has 59 heavy (non-hydrogen) atoms. The first-order valence-corrected chi connectivity index (χ1v) is 18.8. The Labute approximate surface area is 338 Å². The summed E-state index contributed by atoms with van der Waals surface area (Å²) in [6.45, 7) is 5.80. The fourth-order valence-corrected chi connectivity index (χ4v) is 6.23. The zero-order valence-electron chi connectivity index (χ0n) is 33.0. The second-order valence-electron chi connectivity index (χ2n) is 14.5. The zero-order chi connectivity index (χ0) is 43.0. The van der Waals surface area contributed by atoms with E-state index in [1.807, 2.05) is 0 Å². The highest BCUT2D eigenvalue weighted by molar-refractivity contribution is 6.13. The van der Waals surface area contributed by atoms with Gasteiger partial charge in [0.25, 0.3) is 11.8 Å². The molecule has 21 nitrogen and oxygen atoms in total. The van der Waals surface area contributed by atoms with Gasteiger partial charge in [-0.1, -0.05) is 26.0 Å². The third-order valence-corrected chi connectivity index (χ3v) is 9.60. The van der Waals surface area contributed by atoms with Crippen molar-refractivity contribution in [1.82, 2.24) is 40.7 Å². The molecule has 8 N–H and O–H groups in total. The second kappa shape index (κ2) is 19.3. The molecule has 0 radical (unpaired) electrons. The van der Waals surface area contributed by atoms with Gasteiger partial charge in [0.2, 0.25) is 23.6 Å². The number of amides is 7. The van der Waals surface area contributed by atoms with Crippen LogP contribution in [0.1, 0.15) is 39.7 Å². The van der Waals surface area contributed by atoms with Crippen molar-refractivity contribution < 1.29 is 53.2 Å². The Morgan fingerprint density at radius 3 is 2.32 bits per heavy atom. The van der Waals surface area contributed by atoms with Crippen LogP contribution in [0.25, 0.3) is 11.2 Å². The van der Waals surface area contributed by atoms with Crippen molar-refractivity contribution in [3.05, 3.63) is 60.6 Å². The Bertz CT molecular complexity index is 2060. The highest BCUT2D eigenvalue weighted by atomic mass is 16.6. The number of imidazole rings is 1. The third kappa shape index (κ3) is 11.1. The number of aliphatic hydroxyl groups is 2. The molecule has 5 rings (SSSR count). The standard InChI is InChI=1S/C38H48N10O11/c1-19(2)29(45-25(49)13-15-48-27(51)10-11-28(48)52)36(56)42-20(3)35(55)43-23-8-6-22(7-9-23)17-58-38(57)47(5)16-26(50)46-30-21(4)59-37(33(54)32(30)53)44-24-12-14-39-34-31(24)40-18-41-34/h6-12,14,18-21,29-30,32-33,37,53-54H,13,15-17H2,1-5H3,(H,42,56)(H,43,55)(H,45,49)(H,46,50)(H2,39,40,41,44)/t20-,21-,29-,30-,32+,33+,37-/m0/s1. The van der Waals surface area contributed by atoms with Crippen molar-refractivity contribution in [2.45, 2.75) is 83.4 Å². The Kier molecular flexibility index (Phi) is 14.3. The number of ether oxygens (including phenoxy) is 2. The molecule has 0 saturated carbocycles. The van der Waals surface area contributed by atoms with E-state index < -0.39 is 90.7 Å². The fraction of sp³-hybridized carbons (Fsp3) is 0.447. The van der Waals surface area contributed by atoms with Gasteiger partial charge in [-0.3, -0.25) is 33.7 Å². The summed E-state index contributed by atoms with van der Waals surface area (Å²) in [6, 6.07) is 5.02. The number of hydrogen-bond acceptors (Lipinski definition) is 14. The molecule has 0 bridgehead atoms. The van der Waals surface area contributed by atoms with Crippen LogP contribution in [0.15, 0.2) is 55.0 Å². The first kappa shape index (κ1) is 43.7. The average Bonchev–Trinajstić information content (AvgIpc) is 3.81. The number of aliphatic hydroxyl groups excluding tert-OH is 2. The predicted octanol–water partition coefficient (Wildman–Crippen LogP) is -0.511. The van der Waals surface area contributed by atoms with E-state index in [1.54, 1.807) is 51.1 Å². The minimum absolute atomic E-state index is 0.139. The Morgan fingerprint density at radius 2 is 1.64 bits per heavy atom. The van der Waals surface area contributed by atoms with E-state index in [1.165, 1.54) is 26.5 Å². The van der Waals surface area contributed by atoms with Crippen molar-refractivity contribution >= 4 is 64.1 Å². The molecular formula is C38H48N10O11. The van der Waals surface area contributed by atoms with Crippen molar-refractivity contribution in [3.8, 4) is 0 Å². The lowest BCUT2D eigenvalue weighted by atomic mass is 9.96. The van der Waals surface area contributed by atoms with Crippen LogP contribution in [0.3, 0.4) is 0 Å². The van der Waals surface area contributed by atoms with Gasteiger partial charge in [0.15, 0.2) is 11.9 Å². The highest BCUT2D eigenvalue weighted by Gasteiger charge is 2.43. The molecule has 1 fully saturated rings. The number of carbonyl (C=O) groups excluding carboxylic acids is 7. The first-order valence-electron chi connectivity index (χ1n) is 18.8. The van der Waals surface area contributed by atoms with E-state index in [2.05, 4.69) is 41.5 Å². The number of anilines is 2. The lowest BCUT2D eigenvalue weighted by Gasteiger charge is -2.42. The summed E-state index contributed by atoms with van der Waals surface area (Å²) >= 11 is 0. The van der Waals surface area contributed by atoms with Gasteiger partial charge in [-0.15, -0.1) is 0 Å². The predicted molar refractivity (Wildman–Crippen MR) is 209 cm³/mol. The number of benzene rings is 1. The van der Waals surface area contributed by atoms with E-state index in [-0.39, 0.29) is 25.5 Å². The molecular weight excluding hydrogens is 772 g/mol. The molecule has 1 aromatic carbocycles. The number of pyridine rings is 1. The summed E-state index contributed by atoms with van der Waals surface area (Å²) in [5, 5.41) is 35.2. The van der Waals surface area contributed by atoms with Gasteiger partial charge in [0, 0.05) is 44.0 Å². The number of nitrogens with one attached hydrogen (secondary N) is 6. The van der Waals surface area contributed by atoms with Gasteiger partial charge >= 0.3 is 6.09 Å². The summed E-state index contributed by atoms with van der Waals surface area (Å²) in [4.78, 5) is 101. The molecule has 2 aromatic heterocycles. The smallest absolute Gasteiger partial charge is 0.410 e.